The summed E-state index contributed by atoms with van der Waals surface area (Å²) >= 11 is 7.51. The Hall–Kier alpha value is -3.44. The van der Waals surface area contributed by atoms with Crippen molar-refractivity contribution in [3.05, 3.63) is 87.3 Å². The van der Waals surface area contributed by atoms with Gasteiger partial charge in [0.05, 0.1) is 29.9 Å². The molecule has 210 valence electrons. The maximum atomic E-state index is 14.0. The Balaban J connectivity index is 1.67. The van der Waals surface area contributed by atoms with E-state index in [2.05, 4.69) is 15.6 Å². The molecule has 4 aromatic rings. The second-order valence-electron chi connectivity index (χ2n) is 9.38. The van der Waals surface area contributed by atoms with Crippen molar-refractivity contribution in [3.8, 4) is 17.0 Å². The summed E-state index contributed by atoms with van der Waals surface area (Å²) in [5.41, 5.74) is 4.84. The summed E-state index contributed by atoms with van der Waals surface area (Å²) in [7, 11) is -0.745. The number of carbonyl (C=O) groups excluding carboxylic acids is 1. The van der Waals surface area contributed by atoms with Crippen LogP contribution in [0.5, 0.6) is 5.75 Å². The lowest BCUT2D eigenvalue weighted by Crippen LogP contribution is -2.38. The number of nitrogens with zero attached hydrogens (tertiary/aromatic N) is 2. The molecular formula is C29H31ClN4O4S2. The van der Waals surface area contributed by atoms with Crippen LogP contribution in [0.15, 0.2) is 64.9 Å². The maximum absolute atomic E-state index is 14.0. The topological polar surface area (TPSA) is 101 Å². The summed E-state index contributed by atoms with van der Waals surface area (Å²) in [4.78, 5) is 18.1. The van der Waals surface area contributed by atoms with Gasteiger partial charge in [-0.2, -0.15) is 4.31 Å². The van der Waals surface area contributed by atoms with Crippen LogP contribution in [0.3, 0.4) is 0 Å². The lowest BCUT2D eigenvalue weighted by Gasteiger charge is -2.24. The summed E-state index contributed by atoms with van der Waals surface area (Å²) in [6, 6.07) is 15.9. The van der Waals surface area contributed by atoms with Gasteiger partial charge < -0.3 is 15.4 Å². The molecule has 0 bridgehead atoms. The zero-order chi connectivity index (χ0) is 29.0. The molecule has 0 aliphatic rings. The van der Waals surface area contributed by atoms with Gasteiger partial charge in [-0.15, -0.1) is 11.3 Å². The number of hydrogen-bond acceptors (Lipinski definition) is 7. The molecule has 1 heterocycles. The first kappa shape index (κ1) is 29.5. The minimum Gasteiger partial charge on any atom is -0.495 e. The summed E-state index contributed by atoms with van der Waals surface area (Å²) < 4.78 is 34.7. The van der Waals surface area contributed by atoms with Crippen molar-refractivity contribution in [1.29, 1.82) is 0 Å². The quantitative estimate of drug-likeness (QED) is 0.223. The molecule has 3 aromatic carbocycles. The fourth-order valence-corrected chi connectivity index (χ4v) is 7.16. The number of amides is 1. The van der Waals surface area contributed by atoms with Gasteiger partial charge in [0, 0.05) is 29.6 Å². The predicted octanol–water partition coefficient (Wildman–Crippen LogP) is 6.27. The smallest absolute Gasteiger partial charge is 0.244 e. The van der Waals surface area contributed by atoms with Crippen molar-refractivity contribution in [1.82, 2.24) is 9.29 Å². The van der Waals surface area contributed by atoms with E-state index in [4.69, 9.17) is 16.3 Å². The maximum Gasteiger partial charge on any atom is 0.244 e. The first-order valence-electron chi connectivity index (χ1n) is 12.5. The average Bonchev–Trinajstić information content (AvgIpc) is 3.38. The van der Waals surface area contributed by atoms with Crippen molar-refractivity contribution in [3.63, 3.8) is 0 Å². The number of sulfonamides is 1. The molecule has 0 aliphatic carbocycles. The van der Waals surface area contributed by atoms with E-state index in [0.29, 0.717) is 33.1 Å². The molecule has 0 saturated carbocycles. The number of rotatable bonds is 10. The SMILES string of the molecule is CNc1nc(-c2ccc(OC)c(NC(=O)CN(Cc3ccc(Cl)cc3)S(=O)(=O)c3c(C)cc(C)cc3C)c2)cs1. The molecule has 0 aliphatic heterocycles. The Bertz CT molecular complexity index is 1610. The highest BCUT2D eigenvalue weighted by Crippen LogP contribution is 2.33. The van der Waals surface area contributed by atoms with E-state index in [0.717, 1.165) is 22.0 Å². The van der Waals surface area contributed by atoms with Crippen molar-refractivity contribution in [2.24, 2.45) is 0 Å². The van der Waals surface area contributed by atoms with Crippen LogP contribution in [0.25, 0.3) is 11.3 Å². The van der Waals surface area contributed by atoms with Crippen molar-refractivity contribution in [2.45, 2.75) is 32.2 Å². The van der Waals surface area contributed by atoms with Gasteiger partial charge in [0.25, 0.3) is 0 Å². The van der Waals surface area contributed by atoms with E-state index in [1.807, 2.05) is 30.5 Å². The first-order chi connectivity index (χ1) is 19.0. The normalized spacial score (nSPS) is 11.5. The van der Waals surface area contributed by atoms with Crippen molar-refractivity contribution in [2.75, 3.05) is 31.3 Å². The van der Waals surface area contributed by atoms with Gasteiger partial charge in [-0.25, -0.2) is 13.4 Å². The number of nitrogens with one attached hydrogen (secondary N) is 2. The van der Waals surface area contributed by atoms with Crippen LogP contribution in [0, 0.1) is 20.8 Å². The lowest BCUT2D eigenvalue weighted by atomic mass is 10.1. The third-order valence-electron chi connectivity index (χ3n) is 6.28. The minimum absolute atomic E-state index is 0.0114. The molecule has 0 radical (unpaired) electrons. The zero-order valence-corrected chi connectivity index (χ0v) is 25.3. The minimum atomic E-state index is -4.05. The molecule has 0 saturated heterocycles. The fourth-order valence-electron chi connectivity index (χ4n) is 4.56. The Morgan fingerprint density at radius 1 is 1.05 bits per heavy atom. The number of benzene rings is 3. The molecule has 0 unspecified atom stereocenters. The molecule has 1 amide bonds. The highest BCUT2D eigenvalue weighted by atomic mass is 35.5. The van der Waals surface area contributed by atoms with Gasteiger partial charge in [0.15, 0.2) is 5.13 Å². The molecule has 4 rings (SSSR count). The number of aryl methyl sites for hydroxylation is 3. The fraction of sp³-hybridized carbons (Fsp3) is 0.241. The van der Waals surface area contributed by atoms with Crippen LogP contribution in [-0.2, 0) is 21.4 Å². The van der Waals surface area contributed by atoms with Crippen LogP contribution >= 0.6 is 22.9 Å². The van der Waals surface area contributed by atoms with E-state index in [-0.39, 0.29) is 11.4 Å². The van der Waals surface area contributed by atoms with E-state index < -0.39 is 22.5 Å². The standard InChI is InChI=1S/C29H31ClN4O4S2/c1-18-12-19(2)28(20(3)13-18)40(36,37)34(15-21-6-9-23(30)10-7-21)16-27(35)32-24-14-22(8-11-26(24)38-5)25-17-39-29(31-4)33-25/h6-14,17H,15-16H2,1-5H3,(H,31,33)(H,32,35). The van der Waals surface area contributed by atoms with Gasteiger partial charge >= 0.3 is 0 Å². The molecule has 11 heteroatoms. The second-order valence-corrected chi connectivity index (χ2v) is 12.5. The molecule has 40 heavy (non-hydrogen) atoms. The van der Waals surface area contributed by atoms with Gasteiger partial charge in [-0.05, 0) is 67.8 Å². The third-order valence-corrected chi connectivity index (χ3v) is 9.49. The lowest BCUT2D eigenvalue weighted by molar-refractivity contribution is -0.116. The van der Waals surface area contributed by atoms with E-state index in [9.17, 15) is 13.2 Å². The number of anilines is 2. The van der Waals surface area contributed by atoms with E-state index >= 15 is 0 Å². The molecule has 0 atom stereocenters. The van der Waals surface area contributed by atoms with Gasteiger partial charge in [0.1, 0.15) is 5.75 Å². The number of carbonyl (C=O) groups is 1. The summed E-state index contributed by atoms with van der Waals surface area (Å²) in [6.45, 7) is 5.03. The molecule has 2 N–H and O–H groups in total. The van der Waals surface area contributed by atoms with Crippen molar-refractivity contribution >= 4 is 49.7 Å². The third kappa shape index (κ3) is 6.64. The highest BCUT2D eigenvalue weighted by molar-refractivity contribution is 7.89. The Morgan fingerprint density at radius 3 is 2.33 bits per heavy atom. The van der Waals surface area contributed by atoms with E-state index in [1.165, 1.54) is 22.8 Å². The van der Waals surface area contributed by atoms with Crippen LogP contribution in [0.4, 0.5) is 10.8 Å². The van der Waals surface area contributed by atoms with Crippen LogP contribution in [0.2, 0.25) is 5.02 Å². The zero-order valence-electron chi connectivity index (χ0n) is 22.9. The largest absolute Gasteiger partial charge is 0.495 e. The Labute approximate surface area is 244 Å². The second kappa shape index (κ2) is 12.4. The number of aromatic nitrogens is 1. The number of thiazole rings is 1. The first-order valence-corrected chi connectivity index (χ1v) is 15.2. The Morgan fingerprint density at radius 2 is 1.73 bits per heavy atom. The molecule has 8 nitrogen and oxygen atoms in total. The molecular weight excluding hydrogens is 568 g/mol. The number of hydrogen-bond donors (Lipinski definition) is 2. The van der Waals surface area contributed by atoms with Crippen LogP contribution in [0.1, 0.15) is 22.3 Å². The molecule has 0 spiro atoms. The monoisotopic (exact) mass is 598 g/mol. The number of methoxy groups -OCH3 is 1. The highest BCUT2D eigenvalue weighted by Gasteiger charge is 2.30. The van der Waals surface area contributed by atoms with Gasteiger partial charge in [-0.3, -0.25) is 4.79 Å². The Kier molecular flexibility index (Phi) is 9.15. The van der Waals surface area contributed by atoms with Crippen molar-refractivity contribution < 1.29 is 17.9 Å². The molecule has 1 aromatic heterocycles. The number of halogens is 1. The molecule has 0 fully saturated rings. The van der Waals surface area contributed by atoms with Gasteiger partial charge in [-0.1, -0.05) is 41.4 Å². The van der Waals surface area contributed by atoms with Crippen LogP contribution < -0.4 is 15.4 Å². The summed E-state index contributed by atoms with van der Waals surface area (Å²) in [5.74, 6) is -0.0666. The summed E-state index contributed by atoms with van der Waals surface area (Å²) in [6.07, 6.45) is 0. The summed E-state index contributed by atoms with van der Waals surface area (Å²) in [5, 5.41) is 9.07. The predicted molar refractivity (Wildman–Crippen MR) is 162 cm³/mol. The average molecular weight is 599 g/mol. The van der Waals surface area contributed by atoms with Crippen LogP contribution in [-0.4, -0.2) is 44.3 Å². The van der Waals surface area contributed by atoms with Gasteiger partial charge in [0.2, 0.25) is 15.9 Å². The van der Waals surface area contributed by atoms with E-state index in [1.54, 1.807) is 57.3 Å². The number of ether oxygens (including phenoxy) is 1.